The van der Waals surface area contributed by atoms with Crippen molar-refractivity contribution in [3.8, 4) is 0 Å². The number of piperidine rings is 1. The number of aromatic nitrogens is 3. The third-order valence-corrected chi connectivity index (χ3v) is 3.45. The van der Waals surface area contributed by atoms with Crippen LogP contribution in [0.3, 0.4) is 0 Å². The van der Waals surface area contributed by atoms with E-state index in [-0.39, 0.29) is 12.1 Å². The van der Waals surface area contributed by atoms with Crippen molar-refractivity contribution in [1.29, 1.82) is 0 Å². The Hall–Kier alpha value is -1.63. The van der Waals surface area contributed by atoms with E-state index in [1.165, 1.54) is 0 Å². The van der Waals surface area contributed by atoms with E-state index in [1.807, 2.05) is 27.8 Å². The Labute approximate surface area is 125 Å². The van der Waals surface area contributed by atoms with Gasteiger partial charge in [0.25, 0.3) is 0 Å². The van der Waals surface area contributed by atoms with Gasteiger partial charge >= 0.3 is 6.09 Å². The zero-order valence-corrected chi connectivity index (χ0v) is 13.3. The number of aryl methyl sites for hydroxylation is 1. The van der Waals surface area contributed by atoms with Crippen LogP contribution in [0.4, 0.5) is 4.79 Å². The fourth-order valence-corrected chi connectivity index (χ4v) is 2.36. The lowest BCUT2D eigenvalue weighted by atomic mass is 10.1. The van der Waals surface area contributed by atoms with E-state index < -0.39 is 5.60 Å². The summed E-state index contributed by atoms with van der Waals surface area (Å²) in [7, 11) is 1.87. The lowest BCUT2D eigenvalue weighted by Crippen LogP contribution is -2.49. The minimum atomic E-state index is -0.447. The number of hydrogen-bond acceptors (Lipinski definition) is 5. The standard InChI is InChI=1S/C14H25N5O2/c1-14(2,3)21-13(20)19-7-5-6-11(10-19)15-8-12-9-16-17-18(12)4/h9,11,15H,5-8,10H2,1-4H3. The van der Waals surface area contributed by atoms with E-state index in [9.17, 15) is 4.79 Å². The maximum absolute atomic E-state index is 12.1. The second kappa shape index (κ2) is 6.43. The molecule has 2 rings (SSSR count). The molecule has 1 unspecified atom stereocenters. The summed E-state index contributed by atoms with van der Waals surface area (Å²) in [6, 6.07) is 0.279. The van der Waals surface area contributed by atoms with Crippen molar-refractivity contribution >= 4 is 6.09 Å². The summed E-state index contributed by atoms with van der Waals surface area (Å²) in [5.74, 6) is 0. The minimum Gasteiger partial charge on any atom is -0.444 e. The molecule has 1 aromatic rings. The van der Waals surface area contributed by atoms with Gasteiger partial charge in [-0.25, -0.2) is 4.79 Å². The summed E-state index contributed by atoms with van der Waals surface area (Å²) in [5.41, 5.74) is 0.585. The summed E-state index contributed by atoms with van der Waals surface area (Å²) in [5, 5.41) is 11.2. The lowest BCUT2D eigenvalue weighted by molar-refractivity contribution is 0.0187. The quantitative estimate of drug-likeness (QED) is 0.910. The first kappa shape index (κ1) is 15.8. The van der Waals surface area contributed by atoms with Gasteiger partial charge in [0, 0.05) is 32.7 Å². The highest BCUT2D eigenvalue weighted by molar-refractivity contribution is 5.68. The van der Waals surface area contributed by atoms with Crippen molar-refractivity contribution < 1.29 is 9.53 Å². The Kier molecular flexibility index (Phi) is 4.82. The number of nitrogens with one attached hydrogen (secondary N) is 1. The van der Waals surface area contributed by atoms with Crippen LogP contribution in [0.2, 0.25) is 0 Å². The fraction of sp³-hybridized carbons (Fsp3) is 0.786. The summed E-state index contributed by atoms with van der Waals surface area (Å²) in [6.45, 7) is 7.82. The molecular formula is C14H25N5O2. The van der Waals surface area contributed by atoms with Crippen LogP contribution in [-0.4, -0.2) is 50.7 Å². The van der Waals surface area contributed by atoms with Crippen LogP contribution in [-0.2, 0) is 18.3 Å². The van der Waals surface area contributed by atoms with Crippen molar-refractivity contribution in [3.05, 3.63) is 11.9 Å². The SMILES string of the molecule is Cn1nncc1CNC1CCCN(C(=O)OC(C)(C)C)C1. The van der Waals surface area contributed by atoms with Gasteiger partial charge < -0.3 is 15.0 Å². The zero-order chi connectivity index (χ0) is 15.5. The highest BCUT2D eigenvalue weighted by Crippen LogP contribution is 2.15. The van der Waals surface area contributed by atoms with Gasteiger partial charge in [-0.3, -0.25) is 4.68 Å². The molecule has 1 aliphatic heterocycles. The third kappa shape index (κ3) is 4.70. The first-order valence-electron chi connectivity index (χ1n) is 7.40. The molecule has 0 spiro atoms. The van der Waals surface area contributed by atoms with Crippen molar-refractivity contribution in [2.75, 3.05) is 13.1 Å². The lowest BCUT2D eigenvalue weighted by Gasteiger charge is -2.34. The molecule has 7 nitrogen and oxygen atoms in total. The Morgan fingerprint density at radius 3 is 2.90 bits per heavy atom. The summed E-state index contributed by atoms with van der Waals surface area (Å²) in [6.07, 6.45) is 3.57. The van der Waals surface area contributed by atoms with E-state index in [4.69, 9.17) is 4.74 Å². The number of hydrogen-bond donors (Lipinski definition) is 1. The van der Waals surface area contributed by atoms with E-state index in [0.717, 1.165) is 25.1 Å². The van der Waals surface area contributed by atoms with Crippen LogP contribution in [0.15, 0.2) is 6.20 Å². The molecule has 0 radical (unpaired) electrons. The summed E-state index contributed by atoms with van der Waals surface area (Å²) >= 11 is 0. The van der Waals surface area contributed by atoms with Crippen molar-refractivity contribution in [2.45, 2.75) is 51.8 Å². The van der Waals surface area contributed by atoms with Crippen molar-refractivity contribution in [3.63, 3.8) is 0 Å². The van der Waals surface area contributed by atoms with Crippen LogP contribution in [0.1, 0.15) is 39.3 Å². The molecule has 0 aliphatic carbocycles. The van der Waals surface area contributed by atoms with E-state index in [1.54, 1.807) is 15.8 Å². The first-order valence-corrected chi connectivity index (χ1v) is 7.40. The van der Waals surface area contributed by atoms with Gasteiger partial charge in [0.2, 0.25) is 0 Å². The number of nitrogens with zero attached hydrogens (tertiary/aromatic N) is 4. The van der Waals surface area contributed by atoms with E-state index in [2.05, 4.69) is 15.6 Å². The van der Waals surface area contributed by atoms with Gasteiger partial charge in [-0.2, -0.15) is 0 Å². The van der Waals surface area contributed by atoms with Gasteiger partial charge in [-0.05, 0) is 33.6 Å². The molecule has 0 aromatic carbocycles. The second-order valence-corrected chi connectivity index (χ2v) is 6.50. The minimum absolute atomic E-state index is 0.226. The van der Waals surface area contributed by atoms with Crippen molar-refractivity contribution in [1.82, 2.24) is 25.2 Å². The largest absolute Gasteiger partial charge is 0.444 e. The van der Waals surface area contributed by atoms with Gasteiger partial charge in [-0.15, -0.1) is 5.10 Å². The molecule has 1 atom stereocenters. The van der Waals surface area contributed by atoms with E-state index >= 15 is 0 Å². The highest BCUT2D eigenvalue weighted by atomic mass is 16.6. The molecule has 1 amide bonds. The van der Waals surface area contributed by atoms with Gasteiger partial charge in [0.15, 0.2) is 0 Å². The van der Waals surface area contributed by atoms with Crippen LogP contribution >= 0.6 is 0 Å². The Balaban J connectivity index is 1.83. The average molecular weight is 295 g/mol. The summed E-state index contributed by atoms with van der Waals surface area (Å²) in [4.78, 5) is 13.9. The molecule has 1 fully saturated rings. The molecule has 21 heavy (non-hydrogen) atoms. The van der Waals surface area contributed by atoms with Gasteiger partial charge in [0.1, 0.15) is 5.60 Å². The number of carbonyl (C=O) groups is 1. The predicted molar refractivity (Wildman–Crippen MR) is 78.7 cm³/mol. The molecule has 2 heterocycles. The predicted octanol–water partition coefficient (Wildman–Crippen LogP) is 1.30. The fourth-order valence-electron chi connectivity index (χ4n) is 2.36. The molecule has 0 bridgehead atoms. The molecular weight excluding hydrogens is 270 g/mol. The van der Waals surface area contributed by atoms with E-state index in [0.29, 0.717) is 13.1 Å². The van der Waals surface area contributed by atoms with Crippen LogP contribution in [0, 0.1) is 0 Å². The zero-order valence-electron chi connectivity index (χ0n) is 13.3. The maximum atomic E-state index is 12.1. The molecule has 1 N–H and O–H groups in total. The number of carbonyl (C=O) groups excluding carboxylic acids is 1. The third-order valence-electron chi connectivity index (χ3n) is 3.45. The molecule has 1 aliphatic rings. The smallest absolute Gasteiger partial charge is 0.410 e. The van der Waals surface area contributed by atoms with Crippen LogP contribution < -0.4 is 5.32 Å². The van der Waals surface area contributed by atoms with Gasteiger partial charge in [0.05, 0.1) is 11.9 Å². The molecule has 1 aromatic heterocycles. The molecule has 7 heteroatoms. The first-order chi connectivity index (χ1) is 9.85. The number of ether oxygens (including phenoxy) is 1. The second-order valence-electron chi connectivity index (χ2n) is 6.50. The topological polar surface area (TPSA) is 72.3 Å². The molecule has 0 saturated carbocycles. The Morgan fingerprint density at radius 1 is 1.52 bits per heavy atom. The molecule has 1 saturated heterocycles. The maximum Gasteiger partial charge on any atom is 0.410 e. The Bertz CT molecular complexity index is 480. The average Bonchev–Trinajstić information content (AvgIpc) is 2.80. The van der Waals surface area contributed by atoms with Crippen LogP contribution in [0.5, 0.6) is 0 Å². The number of likely N-dealkylation sites (tertiary alicyclic amines) is 1. The number of amides is 1. The van der Waals surface area contributed by atoms with Gasteiger partial charge in [-0.1, -0.05) is 5.21 Å². The van der Waals surface area contributed by atoms with Crippen LogP contribution in [0.25, 0.3) is 0 Å². The normalized spacial score (nSPS) is 19.6. The number of rotatable bonds is 3. The highest BCUT2D eigenvalue weighted by Gasteiger charge is 2.27. The Morgan fingerprint density at radius 2 is 2.29 bits per heavy atom. The summed E-state index contributed by atoms with van der Waals surface area (Å²) < 4.78 is 7.18. The monoisotopic (exact) mass is 295 g/mol. The van der Waals surface area contributed by atoms with Crippen molar-refractivity contribution in [2.24, 2.45) is 7.05 Å². The molecule has 118 valence electrons.